The Morgan fingerprint density at radius 1 is 1.40 bits per heavy atom. The van der Waals surface area contributed by atoms with E-state index in [2.05, 4.69) is 20.5 Å². The van der Waals surface area contributed by atoms with Crippen molar-refractivity contribution in [1.82, 2.24) is 25.1 Å². The molecule has 5 nitrogen and oxygen atoms in total. The van der Waals surface area contributed by atoms with E-state index in [1.54, 1.807) is 12.5 Å². The Labute approximate surface area is 88.2 Å². The van der Waals surface area contributed by atoms with Gasteiger partial charge in [0, 0.05) is 32.5 Å². The lowest BCUT2D eigenvalue weighted by molar-refractivity contribution is 0.639. The summed E-state index contributed by atoms with van der Waals surface area (Å²) in [5.74, 6) is 0. The number of nitrogens with zero attached hydrogens (tertiary/aromatic N) is 4. The van der Waals surface area contributed by atoms with Crippen molar-refractivity contribution in [3.63, 3.8) is 0 Å². The van der Waals surface area contributed by atoms with Gasteiger partial charge in [-0.15, -0.1) is 0 Å². The smallest absolute Gasteiger partial charge is 0.0945 e. The van der Waals surface area contributed by atoms with E-state index < -0.39 is 0 Å². The zero-order chi connectivity index (χ0) is 10.5. The van der Waals surface area contributed by atoms with Crippen LogP contribution < -0.4 is 5.32 Å². The predicted octanol–water partition coefficient (Wildman–Crippen LogP) is 0.500. The number of hydrogen-bond acceptors (Lipinski definition) is 4. The number of aromatic nitrogens is 4. The Morgan fingerprint density at radius 2 is 2.33 bits per heavy atom. The van der Waals surface area contributed by atoms with Crippen LogP contribution in [0.5, 0.6) is 0 Å². The first-order valence-electron chi connectivity index (χ1n) is 4.79. The van der Waals surface area contributed by atoms with Gasteiger partial charge in [-0.2, -0.15) is 10.2 Å². The minimum atomic E-state index is 0.721. The molecule has 0 fully saturated rings. The van der Waals surface area contributed by atoms with Gasteiger partial charge in [0.25, 0.3) is 0 Å². The first-order valence-corrected chi connectivity index (χ1v) is 4.79. The summed E-state index contributed by atoms with van der Waals surface area (Å²) in [6, 6.07) is 3.83. The van der Waals surface area contributed by atoms with Crippen LogP contribution in [0.25, 0.3) is 0 Å². The highest BCUT2D eigenvalue weighted by molar-refractivity contribution is 5.00. The molecule has 0 aliphatic heterocycles. The summed E-state index contributed by atoms with van der Waals surface area (Å²) in [5, 5.41) is 11.1. The molecule has 0 bridgehead atoms. The van der Waals surface area contributed by atoms with E-state index >= 15 is 0 Å². The van der Waals surface area contributed by atoms with Gasteiger partial charge in [-0.3, -0.25) is 0 Å². The average molecular weight is 203 g/mol. The Bertz CT molecular complexity index is 409. The van der Waals surface area contributed by atoms with Gasteiger partial charge in [-0.05, 0) is 12.1 Å². The van der Waals surface area contributed by atoms with Crippen molar-refractivity contribution in [3.05, 3.63) is 42.2 Å². The third-order valence-electron chi connectivity index (χ3n) is 2.16. The summed E-state index contributed by atoms with van der Waals surface area (Å²) in [4.78, 5) is 4.04. The quantitative estimate of drug-likeness (QED) is 0.786. The molecule has 2 aromatic heterocycles. The summed E-state index contributed by atoms with van der Waals surface area (Å²) in [5.41, 5.74) is 2.10. The molecule has 0 aliphatic rings. The van der Waals surface area contributed by atoms with Crippen LogP contribution in [-0.2, 0) is 20.1 Å². The molecule has 0 aromatic carbocycles. The van der Waals surface area contributed by atoms with Crippen LogP contribution >= 0.6 is 0 Å². The zero-order valence-electron chi connectivity index (χ0n) is 8.59. The second-order valence-corrected chi connectivity index (χ2v) is 3.31. The van der Waals surface area contributed by atoms with Crippen LogP contribution in [0.15, 0.2) is 30.9 Å². The summed E-state index contributed by atoms with van der Waals surface area (Å²) in [6.07, 6.45) is 5.31. The van der Waals surface area contributed by atoms with Crippen LogP contribution in [0, 0.1) is 0 Å². The van der Waals surface area contributed by atoms with Gasteiger partial charge in [0.05, 0.1) is 17.7 Å². The van der Waals surface area contributed by atoms with E-state index in [4.69, 9.17) is 0 Å². The molecule has 1 N–H and O–H groups in total. The summed E-state index contributed by atoms with van der Waals surface area (Å²) >= 11 is 0. The maximum atomic E-state index is 4.04. The molecule has 5 heteroatoms. The number of nitrogens with one attached hydrogen (secondary N) is 1. The SMILES string of the molecule is Cn1cncc1CNCc1cccnn1. The van der Waals surface area contributed by atoms with Crippen LogP contribution in [0.2, 0.25) is 0 Å². The Hall–Kier alpha value is -1.75. The van der Waals surface area contributed by atoms with Gasteiger partial charge in [-0.1, -0.05) is 0 Å². The highest BCUT2D eigenvalue weighted by atomic mass is 15.1. The number of aryl methyl sites for hydroxylation is 1. The van der Waals surface area contributed by atoms with Crippen LogP contribution in [0.4, 0.5) is 0 Å². The molecule has 0 atom stereocenters. The van der Waals surface area contributed by atoms with Crippen LogP contribution in [-0.4, -0.2) is 19.7 Å². The van der Waals surface area contributed by atoms with Gasteiger partial charge in [0.2, 0.25) is 0 Å². The largest absolute Gasteiger partial charge is 0.337 e. The average Bonchev–Trinajstić information content (AvgIpc) is 2.66. The second kappa shape index (κ2) is 4.65. The van der Waals surface area contributed by atoms with E-state index in [0.717, 1.165) is 24.5 Å². The number of imidazole rings is 1. The van der Waals surface area contributed by atoms with Crippen molar-refractivity contribution in [1.29, 1.82) is 0 Å². The van der Waals surface area contributed by atoms with Crippen LogP contribution in [0.1, 0.15) is 11.4 Å². The Balaban J connectivity index is 1.83. The normalized spacial score (nSPS) is 10.5. The predicted molar refractivity (Wildman–Crippen MR) is 55.8 cm³/mol. The summed E-state index contributed by atoms with van der Waals surface area (Å²) < 4.78 is 1.99. The molecule has 2 heterocycles. The Kier molecular flexibility index (Phi) is 3.04. The highest BCUT2D eigenvalue weighted by Crippen LogP contribution is 1.96. The third kappa shape index (κ3) is 2.60. The lowest BCUT2D eigenvalue weighted by atomic mass is 10.4. The lowest BCUT2D eigenvalue weighted by Crippen LogP contribution is -2.15. The zero-order valence-corrected chi connectivity index (χ0v) is 8.59. The maximum absolute atomic E-state index is 4.04. The van der Waals surface area contributed by atoms with Crippen molar-refractivity contribution >= 4 is 0 Å². The molecule has 0 saturated heterocycles. The van der Waals surface area contributed by atoms with E-state index in [1.807, 2.05) is 29.9 Å². The molecule has 78 valence electrons. The third-order valence-corrected chi connectivity index (χ3v) is 2.16. The topological polar surface area (TPSA) is 55.6 Å². The van der Waals surface area contributed by atoms with Crippen molar-refractivity contribution in [2.45, 2.75) is 13.1 Å². The molecule has 0 aliphatic carbocycles. The first kappa shape index (κ1) is 9.79. The Morgan fingerprint density at radius 3 is 3.00 bits per heavy atom. The number of hydrogen-bond donors (Lipinski definition) is 1. The second-order valence-electron chi connectivity index (χ2n) is 3.31. The minimum Gasteiger partial charge on any atom is -0.337 e. The molecule has 15 heavy (non-hydrogen) atoms. The summed E-state index contributed by atoms with van der Waals surface area (Å²) in [6.45, 7) is 1.51. The standard InChI is InChI=1S/C10H13N5/c1-15-8-12-7-10(15)6-11-5-9-3-2-4-13-14-9/h2-4,7-8,11H,5-6H2,1H3. The van der Waals surface area contributed by atoms with Crippen LogP contribution in [0.3, 0.4) is 0 Å². The molecule has 0 amide bonds. The fraction of sp³-hybridized carbons (Fsp3) is 0.300. The van der Waals surface area contributed by atoms with Gasteiger partial charge >= 0.3 is 0 Å². The van der Waals surface area contributed by atoms with E-state index in [-0.39, 0.29) is 0 Å². The summed E-state index contributed by atoms with van der Waals surface area (Å²) in [7, 11) is 1.98. The molecular weight excluding hydrogens is 190 g/mol. The number of rotatable bonds is 4. The van der Waals surface area contributed by atoms with Gasteiger partial charge in [0.1, 0.15) is 0 Å². The van der Waals surface area contributed by atoms with Crippen molar-refractivity contribution in [2.75, 3.05) is 0 Å². The lowest BCUT2D eigenvalue weighted by Gasteiger charge is -2.03. The van der Waals surface area contributed by atoms with E-state index in [1.165, 1.54) is 0 Å². The molecule has 0 unspecified atom stereocenters. The van der Waals surface area contributed by atoms with E-state index in [0.29, 0.717) is 0 Å². The minimum absolute atomic E-state index is 0.721. The fourth-order valence-corrected chi connectivity index (χ4v) is 1.30. The molecule has 0 radical (unpaired) electrons. The van der Waals surface area contributed by atoms with Crippen molar-refractivity contribution < 1.29 is 0 Å². The highest BCUT2D eigenvalue weighted by Gasteiger charge is 1.98. The maximum Gasteiger partial charge on any atom is 0.0945 e. The molecule has 2 rings (SSSR count). The van der Waals surface area contributed by atoms with Gasteiger partial charge in [0.15, 0.2) is 0 Å². The van der Waals surface area contributed by atoms with Crippen molar-refractivity contribution in [2.24, 2.45) is 7.05 Å². The molecule has 0 saturated carbocycles. The monoisotopic (exact) mass is 203 g/mol. The molecule has 0 spiro atoms. The fourth-order valence-electron chi connectivity index (χ4n) is 1.30. The van der Waals surface area contributed by atoms with Gasteiger partial charge in [-0.25, -0.2) is 4.98 Å². The molecule has 2 aromatic rings. The van der Waals surface area contributed by atoms with E-state index in [9.17, 15) is 0 Å². The molecular formula is C10H13N5. The van der Waals surface area contributed by atoms with Gasteiger partial charge < -0.3 is 9.88 Å². The first-order chi connectivity index (χ1) is 7.36. The van der Waals surface area contributed by atoms with Crippen molar-refractivity contribution in [3.8, 4) is 0 Å².